The first-order valence-corrected chi connectivity index (χ1v) is 9.56. The van der Waals surface area contributed by atoms with Crippen molar-refractivity contribution in [2.75, 3.05) is 13.2 Å². The fraction of sp³-hybridized carbons (Fsp3) is 0.0909. The van der Waals surface area contributed by atoms with Gasteiger partial charge in [-0.2, -0.15) is 0 Å². The normalized spacial score (nSPS) is 10.8. The Labute approximate surface area is 176 Å². The van der Waals surface area contributed by atoms with Crippen molar-refractivity contribution in [3.63, 3.8) is 0 Å². The number of esters is 1. The number of carbonyl (C=O) groups excluding carboxylic acids is 1. The number of ether oxygens (including phenoxy) is 2. The highest BCUT2D eigenvalue weighted by Gasteiger charge is 2.16. The van der Waals surface area contributed by atoms with E-state index in [9.17, 15) is 4.79 Å². The molecular weight excluding hydrogens is 413 g/mol. The lowest BCUT2D eigenvalue weighted by molar-refractivity contribution is 0.0453. The van der Waals surface area contributed by atoms with Gasteiger partial charge in [-0.15, -0.1) is 0 Å². The number of furan rings is 1. The fourth-order valence-corrected chi connectivity index (χ4v) is 3.31. The third-order valence-corrected chi connectivity index (χ3v) is 4.71. The van der Waals surface area contributed by atoms with Crippen molar-refractivity contribution < 1.29 is 18.7 Å². The first kappa shape index (κ1) is 19.3. The Bertz CT molecular complexity index is 1160. The number of halogens is 2. The number of pyridine rings is 1. The minimum atomic E-state index is -0.470. The van der Waals surface area contributed by atoms with Crippen LogP contribution in [0.25, 0.3) is 22.4 Å². The molecule has 4 aromatic rings. The van der Waals surface area contributed by atoms with Gasteiger partial charge in [0.25, 0.3) is 0 Å². The van der Waals surface area contributed by atoms with Gasteiger partial charge in [-0.25, -0.2) is 9.78 Å². The number of carbonyl (C=O) groups is 1. The van der Waals surface area contributed by atoms with Crippen LogP contribution in [0.5, 0.6) is 5.75 Å². The largest absolute Gasteiger partial charge is 0.488 e. The Hall–Kier alpha value is -3.02. The highest BCUT2D eigenvalue weighted by Crippen LogP contribution is 2.28. The number of nitrogens with zero attached hydrogens (tertiary/aromatic N) is 1. The number of aromatic nitrogens is 1. The van der Waals surface area contributed by atoms with Crippen LogP contribution in [-0.4, -0.2) is 24.2 Å². The van der Waals surface area contributed by atoms with Gasteiger partial charge < -0.3 is 13.9 Å². The lowest BCUT2D eigenvalue weighted by atomic mass is 10.1. The number of benzene rings is 2. The van der Waals surface area contributed by atoms with Gasteiger partial charge in [0.2, 0.25) is 0 Å². The van der Waals surface area contributed by atoms with E-state index in [1.807, 2.05) is 24.3 Å². The molecule has 0 saturated heterocycles. The van der Waals surface area contributed by atoms with E-state index in [1.54, 1.807) is 42.7 Å². The van der Waals surface area contributed by atoms with Gasteiger partial charge >= 0.3 is 5.97 Å². The smallest absolute Gasteiger partial charge is 0.339 e. The molecule has 146 valence electrons. The molecule has 0 aliphatic rings. The fourth-order valence-electron chi connectivity index (χ4n) is 2.85. The van der Waals surface area contributed by atoms with Crippen molar-refractivity contribution >= 4 is 40.1 Å². The summed E-state index contributed by atoms with van der Waals surface area (Å²) < 4.78 is 16.4. The maximum absolute atomic E-state index is 12.7. The first-order valence-electron chi connectivity index (χ1n) is 8.80. The zero-order chi connectivity index (χ0) is 20.2. The zero-order valence-electron chi connectivity index (χ0n) is 15.1. The average molecular weight is 428 g/mol. The van der Waals surface area contributed by atoms with Gasteiger partial charge in [0.05, 0.1) is 22.4 Å². The van der Waals surface area contributed by atoms with Crippen molar-refractivity contribution in [3.8, 4) is 17.2 Å². The summed E-state index contributed by atoms with van der Waals surface area (Å²) in [4.78, 5) is 17.3. The third-order valence-electron chi connectivity index (χ3n) is 4.18. The van der Waals surface area contributed by atoms with Crippen molar-refractivity contribution in [3.05, 3.63) is 82.5 Å². The van der Waals surface area contributed by atoms with Gasteiger partial charge in [-0.1, -0.05) is 41.4 Å². The van der Waals surface area contributed by atoms with Gasteiger partial charge in [0, 0.05) is 10.4 Å². The van der Waals surface area contributed by atoms with Crippen molar-refractivity contribution in [2.24, 2.45) is 0 Å². The molecule has 29 heavy (non-hydrogen) atoms. The van der Waals surface area contributed by atoms with E-state index in [-0.39, 0.29) is 13.2 Å². The molecule has 0 amide bonds. The summed E-state index contributed by atoms with van der Waals surface area (Å²) in [5, 5.41) is 1.62. The van der Waals surface area contributed by atoms with Crippen molar-refractivity contribution in [1.29, 1.82) is 0 Å². The Morgan fingerprint density at radius 2 is 1.86 bits per heavy atom. The Balaban J connectivity index is 1.49. The second-order valence-electron chi connectivity index (χ2n) is 6.11. The number of para-hydroxylation sites is 1. The molecule has 0 aliphatic carbocycles. The predicted molar refractivity (Wildman–Crippen MR) is 112 cm³/mol. The molecule has 0 atom stereocenters. The van der Waals surface area contributed by atoms with Gasteiger partial charge in [0.1, 0.15) is 24.7 Å². The molecule has 4 rings (SSSR count). The molecule has 5 nitrogen and oxygen atoms in total. The van der Waals surface area contributed by atoms with Crippen LogP contribution in [0.3, 0.4) is 0 Å². The molecule has 0 saturated carbocycles. The van der Waals surface area contributed by atoms with Gasteiger partial charge in [-0.05, 0) is 42.5 Å². The third kappa shape index (κ3) is 4.36. The molecule has 2 aromatic heterocycles. The molecule has 2 heterocycles. The minimum absolute atomic E-state index is 0.0600. The quantitative estimate of drug-likeness (QED) is 0.277. The lowest BCUT2D eigenvalue weighted by Crippen LogP contribution is -2.13. The predicted octanol–water partition coefficient (Wildman–Crippen LogP) is 6.04. The highest BCUT2D eigenvalue weighted by molar-refractivity contribution is 6.35. The number of hydrogen-bond acceptors (Lipinski definition) is 5. The average Bonchev–Trinajstić information content (AvgIpc) is 3.26. The van der Waals surface area contributed by atoms with Crippen LogP contribution in [0.4, 0.5) is 0 Å². The van der Waals surface area contributed by atoms with Crippen LogP contribution in [0.2, 0.25) is 10.0 Å². The van der Waals surface area contributed by atoms with Crippen LogP contribution in [0.1, 0.15) is 10.4 Å². The summed E-state index contributed by atoms with van der Waals surface area (Å²) in [6.07, 6.45) is 1.56. The Morgan fingerprint density at radius 1 is 1.00 bits per heavy atom. The van der Waals surface area contributed by atoms with Crippen molar-refractivity contribution in [1.82, 2.24) is 4.98 Å². The summed E-state index contributed by atoms with van der Waals surface area (Å²) in [7, 11) is 0. The van der Waals surface area contributed by atoms with Crippen LogP contribution < -0.4 is 4.74 Å². The monoisotopic (exact) mass is 427 g/mol. The molecule has 0 spiro atoms. The maximum Gasteiger partial charge on any atom is 0.339 e. The lowest BCUT2D eigenvalue weighted by Gasteiger charge is -2.11. The Kier molecular flexibility index (Phi) is 5.69. The van der Waals surface area contributed by atoms with E-state index in [1.165, 1.54) is 0 Å². The molecule has 0 aliphatic heterocycles. The zero-order valence-corrected chi connectivity index (χ0v) is 16.6. The van der Waals surface area contributed by atoms with E-state index in [0.29, 0.717) is 43.7 Å². The van der Waals surface area contributed by atoms with E-state index < -0.39 is 5.97 Å². The Morgan fingerprint density at radius 3 is 2.66 bits per heavy atom. The SMILES string of the molecule is O=C(OCCOc1ccc(Cl)cc1Cl)c1cc(-c2ccco2)nc2ccccc12. The van der Waals surface area contributed by atoms with E-state index >= 15 is 0 Å². The molecule has 0 fully saturated rings. The number of rotatable bonds is 6. The number of fused-ring (bicyclic) bond motifs is 1. The topological polar surface area (TPSA) is 61.6 Å². The summed E-state index contributed by atoms with van der Waals surface area (Å²) in [5.41, 5.74) is 1.65. The van der Waals surface area contributed by atoms with Gasteiger partial charge in [-0.3, -0.25) is 0 Å². The second kappa shape index (κ2) is 8.55. The minimum Gasteiger partial charge on any atom is -0.488 e. The summed E-state index contributed by atoms with van der Waals surface area (Å²) in [5.74, 6) is 0.578. The summed E-state index contributed by atoms with van der Waals surface area (Å²) >= 11 is 11.9. The second-order valence-corrected chi connectivity index (χ2v) is 6.95. The summed E-state index contributed by atoms with van der Waals surface area (Å²) in [6, 6.07) is 17.5. The van der Waals surface area contributed by atoms with E-state index in [0.717, 1.165) is 0 Å². The molecule has 0 radical (unpaired) electrons. The summed E-state index contributed by atoms with van der Waals surface area (Å²) in [6.45, 7) is 0.214. The van der Waals surface area contributed by atoms with E-state index in [4.69, 9.17) is 37.1 Å². The molecule has 7 heteroatoms. The number of hydrogen-bond donors (Lipinski definition) is 0. The maximum atomic E-state index is 12.7. The molecule has 0 N–H and O–H groups in total. The molecule has 2 aromatic carbocycles. The first-order chi connectivity index (χ1) is 14.1. The van der Waals surface area contributed by atoms with Crippen LogP contribution in [-0.2, 0) is 4.74 Å². The highest BCUT2D eigenvalue weighted by atomic mass is 35.5. The van der Waals surface area contributed by atoms with Crippen LogP contribution in [0.15, 0.2) is 71.3 Å². The molecular formula is C22H15Cl2NO4. The van der Waals surface area contributed by atoms with Crippen molar-refractivity contribution in [2.45, 2.75) is 0 Å². The molecule has 0 bridgehead atoms. The van der Waals surface area contributed by atoms with Crippen LogP contribution in [0, 0.1) is 0 Å². The van der Waals surface area contributed by atoms with Crippen LogP contribution >= 0.6 is 23.2 Å². The van der Waals surface area contributed by atoms with Gasteiger partial charge in [0.15, 0.2) is 5.76 Å². The standard InChI is InChI=1S/C22H15Cl2NO4/c23-14-7-8-20(17(24)12-14)28-10-11-29-22(26)16-13-19(21-6-3-9-27-21)25-18-5-2-1-4-15(16)18/h1-9,12-13H,10-11H2. The molecule has 0 unspecified atom stereocenters. The van der Waals surface area contributed by atoms with E-state index in [2.05, 4.69) is 4.98 Å².